The zero-order valence-corrected chi connectivity index (χ0v) is 8.29. The highest BCUT2D eigenvalue weighted by atomic mass is 16.4. The fourth-order valence-corrected chi connectivity index (χ4v) is 1.03. The molecule has 0 aromatic heterocycles. The molecule has 0 saturated carbocycles. The summed E-state index contributed by atoms with van der Waals surface area (Å²) in [5.41, 5.74) is 0.682. The molecule has 1 aromatic rings. The third kappa shape index (κ3) is 3.27. The molecule has 0 radical (unpaired) electrons. The highest BCUT2D eigenvalue weighted by Crippen LogP contribution is 2.05. The number of carbonyl (C=O) groups excluding carboxylic acids is 1. The number of amides is 1. The standard InChI is InChI=1S/C11H9N3O2/c12-7-10(11(15)13-8-14-16)6-9-4-2-1-3-5-9/h1-6,8,16H,(H,13,14,15)/b10-6+. The molecular formula is C11H9N3O2. The van der Waals surface area contributed by atoms with Crippen LogP contribution in [-0.2, 0) is 4.79 Å². The number of carbonyl (C=O) groups is 1. The van der Waals surface area contributed by atoms with Crippen LogP contribution >= 0.6 is 0 Å². The van der Waals surface area contributed by atoms with Crippen LogP contribution in [0, 0.1) is 11.3 Å². The van der Waals surface area contributed by atoms with E-state index in [0.717, 1.165) is 11.9 Å². The minimum absolute atomic E-state index is 0.0638. The average molecular weight is 215 g/mol. The van der Waals surface area contributed by atoms with Gasteiger partial charge in [0.25, 0.3) is 5.91 Å². The van der Waals surface area contributed by atoms with Crippen molar-refractivity contribution in [1.29, 1.82) is 5.26 Å². The molecule has 0 unspecified atom stereocenters. The van der Waals surface area contributed by atoms with Gasteiger partial charge in [-0.3, -0.25) is 4.79 Å². The lowest BCUT2D eigenvalue weighted by Gasteiger charge is -1.97. The molecule has 1 rings (SSSR count). The molecule has 0 aliphatic rings. The lowest BCUT2D eigenvalue weighted by Crippen LogP contribution is -2.22. The number of hydrogen-bond donors (Lipinski definition) is 2. The molecule has 0 saturated heterocycles. The van der Waals surface area contributed by atoms with Gasteiger partial charge in [-0.15, -0.1) is 0 Å². The van der Waals surface area contributed by atoms with Crippen LogP contribution in [-0.4, -0.2) is 17.5 Å². The Balaban J connectivity index is 2.87. The van der Waals surface area contributed by atoms with Gasteiger partial charge in [-0.05, 0) is 11.6 Å². The van der Waals surface area contributed by atoms with E-state index in [0.29, 0.717) is 0 Å². The van der Waals surface area contributed by atoms with Crippen LogP contribution in [0.15, 0.2) is 41.1 Å². The molecule has 0 heterocycles. The van der Waals surface area contributed by atoms with Gasteiger partial charge in [0, 0.05) is 0 Å². The second kappa shape index (κ2) is 5.98. The molecule has 1 amide bonds. The number of nitrogens with one attached hydrogen (secondary N) is 1. The number of nitrogens with zero attached hydrogens (tertiary/aromatic N) is 2. The van der Waals surface area contributed by atoms with Crippen molar-refractivity contribution in [2.24, 2.45) is 5.16 Å². The second-order valence-electron chi connectivity index (χ2n) is 2.80. The molecule has 0 aliphatic carbocycles. The molecular weight excluding hydrogens is 206 g/mol. The monoisotopic (exact) mass is 215 g/mol. The Morgan fingerprint density at radius 1 is 1.44 bits per heavy atom. The largest absolute Gasteiger partial charge is 0.410 e. The molecule has 80 valence electrons. The molecule has 16 heavy (non-hydrogen) atoms. The average Bonchev–Trinajstić information content (AvgIpc) is 2.34. The normalized spacial score (nSPS) is 11.1. The molecule has 0 aliphatic heterocycles. The summed E-state index contributed by atoms with van der Waals surface area (Å²) in [7, 11) is 0. The minimum Gasteiger partial charge on any atom is -0.410 e. The van der Waals surface area contributed by atoms with Crippen LogP contribution in [0.25, 0.3) is 6.08 Å². The van der Waals surface area contributed by atoms with E-state index < -0.39 is 5.91 Å². The van der Waals surface area contributed by atoms with E-state index in [1.165, 1.54) is 6.08 Å². The predicted octanol–water partition coefficient (Wildman–Crippen LogP) is 1.13. The van der Waals surface area contributed by atoms with E-state index >= 15 is 0 Å². The Morgan fingerprint density at radius 3 is 2.69 bits per heavy atom. The highest BCUT2D eigenvalue weighted by Gasteiger charge is 2.06. The topological polar surface area (TPSA) is 85.5 Å². The van der Waals surface area contributed by atoms with E-state index in [1.807, 2.05) is 6.07 Å². The fraction of sp³-hybridized carbons (Fsp3) is 0. The number of oxime groups is 1. The summed E-state index contributed by atoms with van der Waals surface area (Å²) in [5, 5.41) is 21.6. The van der Waals surface area contributed by atoms with Crippen molar-refractivity contribution in [2.45, 2.75) is 0 Å². The molecule has 0 atom stereocenters. The third-order valence-corrected chi connectivity index (χ3v) is 1.73. The molecule has 0 bridgehead atoms. The van der Waals surface area contributed by atoms with Crippen molar-refractivity contribution in [3.8, 4) is 6.07 Å². The fourth-order valence-electron chi connectivity index (χ4n) is 1.03. The van der Waals surface area contributed by atoms with Crippen LogP contribution < -0.4 is 5.32 Å². The first kappa shape index (κ1) is 11.5. The van der Waals surface area contributed by atoms with Gasteiger partial charge in [0.1, 0.15) is 18.0 Å². The van der Waals surface area contributed by atoms with Crippen LogP contribution in [0.2, 0.25) is 0 Å². The van der Waals surface area contributed by atoms with Gasteiger partial charge in [0.15, 0.2) is 0 Å². The summed E-state index contributed by atoms with van der Waals surface area (Å²) in [6.45, 7) is 0. The Bertz CT molecular complexity index is 458. The van der Waals surface area contributed by atoms with Gasteiger partial charge < -0.3 is 10.5 Å². The summed E-state index contributed by atoms with van der Waals surface area (Å²) in [6.07, 6.45) is 2.25. The van der Waals surface area contributed by atoms with Gasteiger partial charge in [0.05, 0.1) is 0 Å². The first-order valence-electron chi connectivity index (χ1n) is 4.41. The maximum Gasteiger partial charge on any atom is 0.267 e. The summed E-state index contributed by atoms with van der Waals surface area (Å²) < 4.78 is 0. The molecule has 0 fully saturated rings. The summed E-state index contributed by atoms with van der Waals surface area (Å²) >= 11 is 0. The number of rotatable bonds is 3. The maximum atomic E-state index is 11.3. The summed E-state index contributed by atoms with van der Waals surface area (Å²) in [6, 6.07) is 10.7. The molecule has 2 N–H and O–H groups in total. The van der Waals surface area contributed by atoms with Crippen LogP contribution in [0.1, 0.15) is 5.56 Å². The van der Waals surface area contributed by atoms with Crippen LogP contribution in [0.3, 0.4) is 0 Å². The van der Waals surface area contributed by atoms with Crippen molar-refractivity contribution < 1.29 is 10.0 Å². The summed E-state index contributed by atoms with van der Waals surface area (Å²) in [5.74, 6) is -0.621. The van der Waals surface area contributed by atoms with Gasteiger partial charge >= 0.3 is 0 Å². The Kier molecular flexibility index (Phi) is 4.29. The van der Waals surface area contributed by atoms with Crippen molar-refractivity contribution in [2.75, 3.05) is 0 Å². The van der Waals surface area contributed by atoms with Crippen LogP contribution in [0.4, 0.5) is 0 Å². The lowest BCUT2D eigenvalue weighted by molar-refractivity contribution is -0.115. The van der Waals surface area contributed by atoms with Gasteiger partial charge in [-0.25, -0.2) is 0 Å². The zero-order chi connectivity index (χ0) is 11.8. The summed E-state index contributed by atoms with van der Waals surface area (Å²) in [4.78, 5) is 11.3. The van der Waals surface area contributed by atoms with E-state index in [4.69, 9.17) is 10.5 Å². The minimum atomic E-state index is -0.621. The Labute approximate surface area is 92.3 Å². The van der Waals surface area contributed by atoms with Crippen molar-refractivity contribution in [1.82, 2.24) is 5.32 Å². The Morgan fingerprint density at radius 2 is 2.12 bits per heavy atom. The smallest absolute Gasteiger partial charge is 0.267 e. The Hall–Kier alpha value is -2.61. The number of hydrogen-bond acceptors (Lipinski definition) is 4. The molecule has 1 aromatic carbocycles. The quantitative estimate of drug-likeness (QED) is 0.198. The van der Waals surface area contributed by atoms with Crippen LogP contribution in [0.5, 0.6) is 0 Å². The van der Waals surface area contributed by atoms with E-state index in [9.17, 15) is 4.79 Å². The predicted molar refractivity (Wildman–Crippen MR) is 58.5 cm³/mol. The highest BCUT2D eigenvalue weighted by molar-refractivity contribution is 6.06. The second-order valence-corrected chi connectivity index (χ2v) is 2.80. The molecule has 0 spiro atoms. The first-order chi connectivity index (χ1) is 7.77. The van der Waals surface area contributed by atoms with Crippen molar-refractivity contribution in [3.63, 3.8) is 0 Å². The lowest BCUT2D eigenvalue weighted by atomic mass is 10.1. The number of nitriles is 1. The third-order valence-electron chi connectivity index (χ3n) is 1.73. The first-order valence-corrected chi connectivity index (χ1v) is 4.41. The van der Waals surface area contributed by atoms with Gasteiger partial charge in [-0.1, -0.05) is 35.5 Å². The van der Waals surface area contributed by atoms with E-state index in [2.05, 4.69) is 10.5 Å². The molecule has 5 heteroatoms. The van der Waals surface area contributed by atoms with Gasteiger partial charge in [0.2, 0.25) is 0 Å². The number of benzene rings is 1. The van der Waals surface area contributed by atoms with Crippen molar-refractivity contribution >= 4 is 18.3 Å². The van der Waals surface area contributed by atoms with E-state index in [1.54, 1.807) is 30.3 Å². The van der Waals surface area contributed by atoms with E-state index in [-0.39, 0.29) is 5.57 Å². The SMILES string of the molecule is N#C/C(=C\c1ccccc1)C(=O)N/C=N/O. The van der Waals surface area contributed by atoms with Crippen molar-refractivity contribution in [3.05, 3.63) is 41.5 Å². The van der Waals surface area contributed by atoms with Gasteiger partial charge in [-0.2, -0.15) is 5.26 Å². The zero-order valence-electron chi connectivity index (χ0n) is 8.29. The molecule has 5 nitrogen and oxygen atoms in total. The maximum absolute atomic E-state index is 11.3.